The molecule has 19 nitrogen and oxygen atoms in total. The van der Waals surface area contributed by atoms with Crippen LogP contribution in [0.3, 0.4) is 0 Å². The van der Waals surface area contributed by atoms with Gasteiger partial charge in [-0.3, -0.25) is 28.9 Å². The molecular weight excluding hydrogens is 792 g/mol. The van der Waals surface area contributed by atoms with E-state index in [-0.39, 0.29) is 95.1 Å². The normalized spacial score (nSPS) is 13.1. The standard InChI is InChI=1S/C41H72N2O17/c1-40(2,3)59-38(47)10-16-50-22-27-55-31-33-57-29-25-52-18-12-42(35(44)9-15-49-21-24-54-20-14-43-36(45)7-8-37(43)46)13-19-53-26-30-58-34-32-56-28-23-51-17-11-39(48)60-41(4,5)6/h7-8H,9-34H2,1-6H3. The Hall–Kier alpha value is -3.11. The summed E-state index contributed by atoms with van der Waals surface area (Å²) in [5.41, 5.74) is -1.03. The Morgan fingerprint density at radius 3 is 1.05 bits per heavy atom. The number of hydrogen-bond donors (Lipinski definition) is 0. The van der Waals surface area contributed by atoms with Gasteiger partial charge in [0.2, 0.25) is 5.91 Å². The van der Waals surface area contributed by atoms with Gasteiger partial charge in [-0.2, -0.15) is 0 Å². The fraction of sp³-hybridized carbons (Fsp3) is 0.829. The zero-order valence-electron chi connectivity index (χ0n) is 36.9. The molecule has 0 aromatic rings. The number of carbonyl (C=O) groups excluding carboxylic acids is 5. The monoisotopic (exact) mass is 864 g/mol. The van der Waals surface area contributed by atoms with E-state index >= 15 is 0 Å². The van der Waals surface area contributed by atoms with Gasteiger partial charge >= 0.3 is 11.9 Å². The molecule has 0 N–H and O–H groups in total. The number of imide groups is 1. The van der Waals surface area contributed by atoms with Crippen LogP contribution < -0.4 is 0 Å². The molecule has 0 aliphatic carbocycles. The maximum Gasteiger partial charge on any atom is 0.308 e. The molecule has 3 amide bonds. The van der Waals surface area contributed by atoms with E-state index in [2.05, 4.69) is 0 Å². The van der Waals surface area contributed by atoms with E-state index < -0.39 is 11.2 Å². The molecule has 19 heteroatoms. The molecule has 1 aliphatic heterocycles. The van der Waals surface area contributed by atoms with Gasteiger partial charge in [0.05, 0.1) is 158 Å². The number of ether oxygens (including phenoxy) is 12. The number of esters is 2. The predicted octanol–water partition coefficient (Wildman–Crippen LogP) is 1.76. The van der Waals surface area contributed by atoms with Crippen molar-refractivity contribution in [1.29, 1.82) is 0 Å². The molecule has 0 saturated carbocycles. The van der Waals surface area contributed by atoms with Gasteiger partial charge in [-0.25, -0.2) is 0 Å². The van der Waals surface area contributed by atoms with Crippen LogP contribution in [0.1, 0.15) is 60.8 Å². The minimum Gasteiger partial charge on any atom is -0.460 e. The van der Waals surface area contributed by atoms with Gasteiger partial charge in [-0.15, -0.1) is 0 Å². The molecule has 1 rings (SSSR count). The number of hydrogen-bond acceptors (Lipinski definition) is 17. The Morgan fingerprint density at radius 2 is 0.717 bits per heavy atom. The van der Waals surface area contributed by atoms with Gasteiger partial charge in [0, 0.05) is 25.2 Å². The fourth-order valence-electron chi connectivity index (χ4n) is 4.78. The quantitative estimate of drug-likeness (QED) is 0.0491. The summed E-state index contributed by atoms with van der Waals surface area (Å²) in [5.74, 6) is -1.43. The smallest absolute Gasteiger partial charge is 0.308 e. The lowest BCUT2D eigenvalue weighted by Gasteiger charge is -2.23. The van der Waals surface area contributed by atoms with Crippen LogP contribution in [0.15, 0.2) is 12.2 Å². The Labute approximate surface area is 355 Å². The molecule has 0 bridgehead atoms. The molecule has 0 atom stereocenters. The second-order valence-corrected chi connectivity index (χ2v) is 15.1. The number of carbonyl (C=O) groups is 5. The Morgan fingerprint density at radius 1 is 0.433 bits per heavy atom. The van der Waals surface area contributed by atoms with Gasteiger partial charge < -0.3 is 61.7 Å². The second kappa shape index (κ2) is 34.5. The van der Waals surface area contributed by atoms with Crippen LogP contribution in [-0.2, 0) is 80.8 Å². The molecule has 0 aromatic carbocycles. The van der Waals surface area contributed by atoms with Crippen LogP contribution in [0.4, 0.5) is 0 Å². The Kier molecular flexibility index (Phi) is 31.5. The summed E-state index contributed by atoms with van der Waals surface area (Å²) in [5, 5.41) is 0. The minimum absolute atomic E-state index is 0.119. The molecule has 1 aliphatic rings. The highest BCUT2D eigenvalue weighted by Gasteiger charge is 2.22. The summed E-state index contributed by atoms with van der Waals surface area (Å²) in [6.45, 7) is 18.2. The van der Waals surface area contributed by atoms with Crippen molar-refractivity contribution in [1.82, 2.24) is 9.80 Å². The third-order valence-corrected chi connectivity index (χ3v) is 7.53. The van der Waals surface area contributed by atoms with Crippen molar-refractivity contribution in [3.63, 3.8) is 0 Å². The lowest BCUT2D eigenvalue weighted by molar-refractivity contribution is -0.157. The molecule has 0 radical (unpaired) electrons. The van der Waals surface area contributed by atoms with E-state index in [0.29, 0.717) is 106 Å². The zero-order chi connectivity index (χ0) is 44.3. The molecule has 0 saturated heterocycles. The van der Waals surface area contributed by atoms with Crippen molar-refractivity contribution >= 4 is 29.7 Å². The van der Waals surface area contributed by atoms with E-state index in [1.54, 1.807) is 4.90 Å². The van der Waals surface area contributed by atoms with Gasteiger partial charge in [-0.05, 0) is 41.5 Å². The molecule has 0 fully saturated rings. The van der Waals surface area contributed by atoms with E-state index in [0.717, 1.165) is 4.90 Å². The molecule has 1 heterocycles. The van der Waals surface area contributed by atoms with E-state index in [1.807, 2.05) is 41.5 Å². The molecule has 60 heavy (non-hydrogen) atoms. The van der Waals surface area contributed by atoms with Crippen molar-refractivity contribution in [2.24, 2.45) is 0 Å². The largest absolute Gasteiger partial charge is 0.460 e. The maximum absolute atomic E-state index is 13.0. The second-order valence-electron chi connectivity index (χ2n) is 15.1. The summed E-state index contributed by atoms with van der Waals surface area (Å²) < 4.78 is 65.7. The van der Waals surface area contributed by atoms with Crippen molar-refractivity contribution in [3.05, 3.63) is 12.2 Å². The lowest BCUT2D eigenvalue weighted by Crippen LogP contribution is -2.37. The predicted molar refractivity (Wildman–Crippen MR) is 216 cm³/mol. The highest BCUT2D eigenvalue weighted by Crippen LogP contribution is 2.09. The van der Waals surface area contributed by atoms with E-state index in [9.17, 15) is 24.0 Å². The zero-order valence-corrected chi connectivity index (χ0v) is 36.9. The minimum atomic E-state index is -0.513. The first kappa shape index (κ1) is 54.9. The van der Waals surface area contributed by atoms with E-state index in [4.69, 9.17) is 56.8 Å². The molecular formula is C41H72N2O17. The van der Waals surface area contributed by atoms with Gasteiger partial charge in [0.25, 0.3) is 11.8 Å². The van der Waals surface area contributed by atoms with Crippen LogP contribution >= 0.6 is 0 Å². The fourth-order valence-corrected chi connectivity index (χ4v) is 4.78. The first-order valence-corrected chi connectivity index (χ1v) is 20.7. The number of amides is 3. The average molecular weight is 865 g/mol. The molecule has 348 valence electrons. The summed E-state index contributed by atoms with van der Waals surface area (Å²) in [4.78, 5) is 62.4. The van der Waals surface area contributed by atoms with Crippen LogP contribution in [-0.4, -0.2) is 202 Å². The van der Waals surface area contributed by atoms with Crippen LogP contribution in [0, 0.1) is 0 Å². The van der Waals surface area contributed by atoms with Crippen LogP contribution in [0.2, 0.25) is 0 Å². The topological polar surface area (TPSA) is 203 Å². The molecule has 0 spiro atoms. The molecule has 0 unspecified atom stereocenters. The summed E-state index contributed by atoms with van der Waals surface area (Å²) in [7, 11) is 0. The molecule has 0 aromatic heterocycles. The first-order valence-electron chi connectivity index (χ1n) is 20.7. The first-order chi connectivity index (χ1) is 28.7. The third-order valence-electron chi connectivity index (χ3n) is 7.53. The van der Waals surface area contributed by atoms with Crippen molar-refractivity contribution < 1.29 is 80.8 Å². The Bertz CT molecular complexity index is 1130. The van der Waals surface area contributed by atoms with Crippen molar-refractivity contribution in [2.45, 2.75) is 72.0 Å². The maximum atomic E-state index is 13.0. The van der Waals surface area contributed by atoms with E-state index in [1.165, 1.54) is 12.2 Å². The summed E-state index contributed by atoms with van der Waals surface area (Å²) >= 11 is 0. The highest BCUT2D eigenvalue weighted by atomic mass is 16.6. The highest BCUT2D eigenvalue weighted by molar-refractivity contribution is 6.12. The van der Waals surface area contributed by atoms with Crippen LogP contribution in [0.5, 0.6) is 0 Å². The number of nitrogens with zero attached hydrogens (tertiary/aromatic N) is 2. The average Bonchev–Trinajstić information content (AvgIpc) is 3.49. The lowest BCUT2D eigenvalue weighted by atomic mass is 10.2. The Balaban J connectivity index is 2.19. The van der Waals surface area contributed by atoms with Gasteiger partial charge in [0.1, 0.15) is 11.2 Å². The number of rotatable bonds is 39. The summed E-state index contributed by atoms with van der Waals surface area (Å²) in [6, 6.07) is 0. The third kappa shape index (κ3) is 33.6. The van der Waals surface area contributed by atoms with Gasteiger partial charge in [0.15, 0.2) is 0 Å². The van der Waals surface area contributed by atoms with Crippen molar-refractivity contribution in [3.8, 4) is 0 Å². The van der Waals surface area contributed by atoms with Crippen LogP contribution in [0.25, 0.3) is 0 Å². The van der Waals surface area contributed by atoms with Crippen molar-refractivity contribution in [2.75, 3.05) is 152 Å². The summed E-state index contributed by atoms with van der Waals surface area (Å²) in [6.07, 6.45) is 2.98. The van der Waals surface area contributed by atoms with Gasteiger partial charge in [-0.1, -0.05) is 0 Å². The SMILES string of the molecule is CC(C)(C)OC(=O)CCOCCOCCOCCOCCN(CCOCCOCCOCCOCCC(=O)OC(C)(C)C)C(=O)CCOCCOCCN1C(=O)C=CC1=O.